The van der Waals surface area contributed by atoms with Gasteiger partial charge in [-0.15, -0.1) is 0 Å². The molecule has 0 unspecified atom stereocenters. The summed E-state index contributed by atoms with van der Waals surface area (Å²) in [5.74, 6) is 0.338. The number of carbonyl (C=O) groups is 1. The Morgan fingerprint density at radius 1 is 1.50 bits per heavy atom. The first kappa shape index (κ1) is 12.7. The van der Waals surface area contributed by atoms with Gasteiger partial charge in [0.05, 0.1) is 0 Å². The van der Waals surface area contributed by atoms with E-state index in [9.17, 15) is 4.79 Å². The third kappa shape index (κ3) is 3.36. The number of hydrogen-bond donors (Lipinski definition) is 2. The Bertz CT molecular complexity index is 361. The quantitative estimate of drug-likeness (QED) is 0.824. The molecule has 0 aliphatic carbocycles. The summed E-state index contributed by atoms with van der Waals surface area (Å²) >= 11 is 0. The number of rotatable bonds is 3. The maximum absolute atomic E-state index is 11.7. The molecule has 1 aromatic rings. The molecular formula is C12H21N3O. The molecule has 0 aromatic carbocycles. The average Bonchev–Trinajstić information content (AvgIpc) is 2.61. The fourth-order valence-corrected chi connectivity index (χ4v) is 1.21. The Labute approximate surface area is 96.8 Å². The Morgan fingerprint density at radius 3 is 2.56 bits per heavy atom. The maximum Gasteiger partial charge on any atom is 0.271 e. The van der Waals surface area contributed by atoms with Crippen molar-refractivity contribution in [1.29, 1.82) is 0 Å². The van der Waals surface area contributed by atoms with Crippen molar-refractivity contribution in [3.05, 3.63) is 17.5 Å². The normalized spacial score (nSPS) is 11.9. The lowest BCUT2D eigenvalue weighted by molar-refractivity contribution is 0.0944. The van der Waals surface area contributed by atoms with Crippen LogP contribution in [-0.2, 0) is 5.41 Å². The fourth-order valence-electron chi connectivity index (χ4n) is 1.21. The van der Waals surface area contributed by atoms with Crippen LogP contribution in [0.4, 0.5) is 0 Å². The fraction of sp³-hybridized carbons (Fsp3) is 0.667. The zero-order valence-electron chi connectivity index (χ0n) is 10.7. The summed E-state index contributed by atoms with van der Waals surface area (Å²) in [6.45, 7) is 11.0. The standard InChI is InChI=1S/C12H21N3O/c1-8(2)7-13-11(16)9-6-10(15-14-9)12(3,4)5/h6,8H,7H2,1-5H3,(H,13,16)(H,14,15). The van der Waals surface area contributed by atoms with Gasteiger partial charge in [0.15, 0.2) is 0 Å². The molecule has 4 nitrogen and oxygen atoms in total. The lowest BCUT2D eigenvalue weighted by atomic mass is 9.92. The zero-order valence-corrected chi connectivity index (χ0v) is 10.7. The van der Waals surface area contributed by atoms with E-state index in [-0.39, 0.29) is 11.3 Å². The highest BCUT2D eigenvalue weighted by molar-refractivity contribution is 5.92. The Hall–Kier alpha value is -1.32. The van der Waals surface area contributed by atoms with Crippen molar-refractivity contribution in [3.8, 4) is 0 Å². The molecule has 1 amide bonds. The third-order valence-electron chi connectivity index (χ3n) is 2.29. The van der Waals surface area contributed by atoms with Gasteiger partial charge < -0.3 is 5.32 Å². The molecule has 1 rings (SSSR count). The second kappa shape index (κ2) is 4.68. The van der Waals surface area contributed by atoms with Crippen molar-refractivity contribution in [3.63, 3.8) is 0 Å². The van der Waals surface area contributed by atoms with Gasteiger partial charge in [-0.2, -0.15) is 5.10 Å². The number of amides is 1. The van der Waals surface area contributed by atoms with Gasteiger partial charge in [0.25, 0.3) is 5.91 Å². The highest BCUT2D eigenvalue weighted by Gasteiger charge is 2.19. The van der Waals surface area contributed by atoms with E-state index in [4.69, 9.17) is 0 Å². The van der Waals surface area contributed by atoms with Crippen LogP contribution >= 0.6 is 0 Å². The number of nitrogens with one attached hydrogen (secondary N) is 2. The Balaban J connectivity index is 2.67. The molecule has 0 fully saturated rings. The first-order valence-electron chi connectivity index (χ1n) is 5.65. The van der Waals surface area contributed by atoms with Crippen molar-refractivity contribution in [2.75, 3.05) is 6.54 Å². The van der Waals surface area contributed by atoms with Gasteiger partial charge in [0.1, 0.15) is 5.69 Å². The first-order valence-corrected chi connectivity index (χ1v) is 5.65. The summed E-state index contributed by atoms with van der Waals surface area (Å²) in [5, 5.41) is 9.77. The van der Waals surface area contributed by atoms with E-state index in [1.54, 1.807) is 0 Å². The number of aromatic amines is 1. The molecule has 0 radical (unpaired) electrons. The van der Waals surface area contributed by atoms with Gasteiger partial charge >= 0.3 is 0 Å². The van der Waals surface area contributed by atoms with Crippen LogP contribution in [0.1, 0.15) is 50.8 Å². The number of hydrogen-bond acceptors (Lipinski definition) is 2. The molecule has 4 heteroatoms. The number of carbonyl (C=O) groups excluding carboxylic acids is 1. The molecule has 0 spiro atoms. The van der Waals surface area contributed by atoms with Crippen LogP contribution in [0, 0.1) is 5.92 Å². The van der Waals surface area contributed by atoms with Crippen LogP contribution in [0.15, 0.2) is 6.07 Å². The largest absolute Gasteiger partial charge is 0.350 e. The minimum Gasteiger partial charge on any atom is -0.350 e. The third-order valence-corrected chi connectivity index (χ3v) is 2.29. The second-order valence-corrected chi connectivity index (χ2v) is 5.52. The van der Waals surface area contributed by atoms with Crippen molar-refractivity contribution >= 4 is 5.91 Å². The molecule has 90 valence electrons. The van der Waals surface area contributed by atoms with Crippen molar-refractivity contribution in [2.45, 2.75) is 40.0 Å². The molecule has 1 aromatic heterocycles. The van der Waals surface area contributed by atoms with Gasteiger partial charge in [-0.1, -0.05) is 34.6 Å². The predicted octanol–water partition coefficient (Wildman–Crippen LogP) is 2.09. The summed E-state index contributed by atoms with van der Waals surface area (Å²) < 4.78 is 0. The second-order valence-electron chi connectivity index (χ2n) is 5.52. The summed E-state index contributed by atoms with van der Waals surface area (Å²) in [7, 11) is 0. The summed E-state index contributed by atoms with van der Waals surface area (Å²) in [6.07, 6.45) is 0. The highest BCUT2D eigenvalue weighted by atomic mass is 16.1. The van der Waals surface area contributed by atoms with Gasteiger partial charge in [-0.25, -0.2) is 0 Å². The Kier molecular flexibility index (Phi) is 3.73. The van der Waals surface area contributed by atoms with E-state index < -0.39 is 0 Å². The minimum absolute atomic E-state index is 0.0103. The molecule has 0 bridgehead atoms. The number of nitrogens with zero attached hydrogens (tertiary/aromatic N) is 1. The molecule has 1 heterocycles. The monoisotopic (exact) mass is 223 g/mol. The summed E-state index contributed by atoms with van der Waals surface area (Å²) in [4.78, 5) is 11.7. The molecule has 0 saturated heterocycles. The lowest BCUT2D eigenvalue weighted by Gasteiger charge is -2.14. The van der Waals surface area contributed by atoms with E-state index in [1.807, 2.05) is 6.07 Å². The maximum atomic E-state index is 11.7. The summed E-state index contributed by atoms with van der Waals surface area (Å²) in [6, 6.07) is 1.82. The van der Waals surface area contributed by atoms with Crippen molar-refractivity contribution in [1.82, 2.24) is 15.5 Å². The minimum atomic E-state index is -0.111. The van der Waals surface area contributed by atoms with Gasteiger partial charge in [-0.3, -0.25) is 9.89 Å². The molecule has 2 N–H and O–H groups in total. The van der Waals surface area contributed by atoms with E-state index >= 15 is 0 Å². The SMILES string of the molecule is CC(C)CNC(=O)c1cc(C(C)(C)C)[nH]n1. The van der Waals surface area contributed by atoms with Crippen LogP contribution in [-0.4, -0.2) is 22.6 Å². The lowest BCUT2D eigenvalue weighted by Crippen LogP contribution is -2.27. The Morgan fingerprint density at radius 2 is 2.12 bits per heavy atom. The van der Waals surface area contributed by atoms with Crippen LogP contribution in [0.5, 0.6) is 0 Å². The molecule has 0 aliphatic heterocycles. The van der Waals surface area contributed by atoms with Crippen LogP contribution < -0.4 is 5.32 Å². The molecule has 0 atom stereocenters. The summed E-state index contributed by atoms with van der Waals surface area (Å²) in [5.41, 5.74) is 1.43. The number of aromatic nitrogens is 2. The van der Waals surface area contributed by atoms with Crippen LogP contribution in [0.25, 0.3) is 0 Å². The van der Waals surface area contributed by atoms with E-state index in [0.717, 1.165) is 5.69 Å². The topological polar surface area (TPSA) is 57.8 Å². The first-order chi connectivity index (χ1) is 7.30. The van der Waals surface area contributed by atoms with E-state index in [1.165, 1.54) is 0 Å². The van der Waals surface area contributed by atoms with Gasteiger partial charge in [0.2, 0.25) is 0 Å². The van der Waals surface area contributed by atoms with Gasteiger partial charge in [-0.05, 0) is 12.0 Å². The molecular weight excluding hydrogens is 202 g/mol. The molecule has 0 saturated carbocycles. The highest BCUT2D eigenvalue weighted by Crippen LogP contribution is 2.20. The zero-order chi connectivity index (χ0) is 12.3. The average molecular weight is 223 g/mol. The smallest absolute Gasteiger partial charge is 0.271 e. The van der Waals surface area contributed by atoms with Crippen LogP contribution in [0.3, 0.4) is 0 Å². The van der Waals surface area contributed by atoms with E-state index in [0.29, 0.717) is 18.2 Å². The van der Waals surface area contributed by atoms with Crippen molar-refractivity contribution in [2.24, 2.45) is 5.92 Å². The van der Waals surface area contributed by atoms with E-state index in [2.05, 4.69) is 50.1 Å². The molecule has 0 aliphatic rings. The number of H-pyrrole nitrogens is 1. The predicted molar refractivity (Wildman–Crippen MR) is 64.5 cm³/mol. The van der Waals surface area contributed by atoms with Gasteiger partial charge in [0, 0.05) is 17.7 Å². The molecule has 16 heavy (non-hydrogen) atoms. The van der Waals surface area contributed by atoms with Crippen LogP contribution in [0.2, 0.25) is 0 Å². The van der Waals surface area contributed by atoms with Crippen molar-refractivity contribution < 1.29 is 4.79 Å².